The molecular formula is C10H21N3. The molecule has 0 aromatic heterocycles. The van der Waals surface area contributed by atoms with Gasteiger partial charge in [0.05, 0.1) is 5.66 Å². The first-order valence-corrected chi connectivity index (χ1v) is 5.52. The predicted octanol–water partition coefficient (Wildman–Crippen LogP) is 0.381. The molecule has 2 rings (SSSR count). The highest BCUT2D eigenvalue weighted by Gasteiger charge is 2.33. The van der Waals surface area contributed by atoms with Gasteiger partial charge in [-0.05, 0) is 32.7 Å². The number of hydrogen-bond acceptors (Lipinski definition) is 3. The van der Waals surface area contributed by atoms with E-state index in [4.69, 9.17) is 0 Å². The first-order chi connectivity index (χ1) is 6.31. The van der Waals surface area contributed by atoms with Crippen LogP contribution < -0.4 is 10.6 Å². The number of nitrogens with zero attached hydrogens (tertiary/aromatic N) is 1. The maximum Gasteiger partial charge on any atom is 0.0684 e. The molecule has 0 amide bonds. The summed E-state index contributed by atoms with van der Waals surface area (Å²) in [7, 11) is 0. The van der Waals surface area contributed by atoms with E-state index in [1.54, 1.807) is 0 Å². The van der Waals surface area contributed by atoms with Gasteiger partial charge in [0.2, 0.25) is 0 Å². The van der Waals surface area contributed by atoms with Crippen molar-refractivity contribution in [2.75, 3.05) is 32.7 Å². The van der Waals surface area contributed by atoms with Crippen molar-refractivity contribution in [2.45, 2.75) is 31.8 Å². The fourth-order valence-corrected chi connectivity index (χ4v) is 2.47. The Morgan fingerprint density at radius 1 is 1.08 bits per heavy atom. The fraction of sp³-hybridized carbons (Fsp3) is 1.00. The van der Waals surface area contributed by atoms with Gasteiger partial charge >= 0.3 is 0 Å². The van der Waals surface area contributed by atoms with Gasteiger partial charge < -0.3 is 5.32 Å². The van der Waals surface area contributed by atoms with Gasteiger partial charge in [0.1, 0.15) is 0 Å². The molecule has 2 aliphatic heterocycles. The maximum atomic E-state index is 3.66. The number of nitrogens with one attached hydrogen (secondary N) is 2. The van der Waals surface area contributed by atoms with Gasteiger partial charge in [0.15, 0.2) is 0 Å². The lowest BCUT2D eigenvalue weighted by atomic mass is 9.97. The molecule has 2 N–H and O–H groups in total. The summed E-state index contributed by atoms with van der Waals surface area (Å²) in [4.78, 5) is 2.60. The lowest BCUT2D eigenvalue weighted by molar-refractivity contribution is 0.0351. The van der Waals surface area contributed by atoms with Crippen LogP contribution in [0.15, 0.2) is 0 Å². The Labute approximate surface area is 80.9 Å². The summed E-state index contributed by atoms with van der Waals surface area (Å²) in [5, 5.41) is 7.06. The SMILES string of the molecule is CC1(N2CCNCC2)CCCCN1. The normalized spacial score (nSPS) is 37.6. The highest BCUT2D eigenvalue weighted by atomic mass is 15.3. The quantitative estimate of drug-likeness (QED) is 0.615. The minimum Gasteiger partial charge on any atom is -0.314 e. The van der Waals surface area contributed by atoms with Crippen molar-refractivity contribution in [1.29, 1.82) is 0 Å². The van der Waals surface area contributed by atoms with Crippen LogP contribution in [0.4, 0.5) is 0 Å². The van der Waals surface area contributed by atoms with Crippen LogP contribution in [-0.2, 0) is 0 Å². The van der Waals surface area contributed by atoms with E-state index < -0.39 is 0 Å². The van der Waals surface area contributed by atoms with Crippen LogP contribution in [0, 0.1) is 0 Å². The summed E-state index contributed by atoms with van der Waals surface area (Å²) in [6, 6.07) is 0. The molecular weight excluding hydrogens is 162 g/mol. The van der Waals surface area contributed by atoms with Gasteiger partial charge in [-0.1, -0.05) is 0 Å². The summed E-state index contributed by atoms with van der Waals surface area (Å²) in [6.45, 7) is 8.25. The second kappa shape index (κ2) is 3.95. The zero-order valence-electron chi connectivity index (χ0n) is 8.60. The Bertz CT molecular complexity index is 158. The lowest BCUT2D eigenvalue weighted by Crippen LogP contribution is -2.63. The first kappa shape index (κ1) is 9.44. The van der Waals surface area contributed by atoms with E-state index in [2.05, 4.69) is 22.5 Å². The highest BCUT2D eigenvalue weighted by Crippen LogP contribution is 2.23. The van der Waals surface area contributed by atoms with E-state index in [-0.39, 0.29) is 0 Å². The predicted molar refractivity (Wildman–Crippen MR) is 54.7 cm³/mol. The van der Waals surface area contributed by atoms with E-state index in [0.29, 0.717) is 5.66 Å². The van der Waals surface area contributed by atoms with Crippen molar-refractivity contribution in [2.24, 2.45) is 0 Å². The fourth-order valence-electron chi connectivity index (χ4n) is 2.47. The monoisotopic (exact) mass is 183 g/mol. The van der Waals surface area contributed by atoms with Crippen LogP contribution in [0.3, 0.4) is 0 Å². The third kappa shape index (κ3) is 2.03. The molecule has 2 heterocycles. The lowest BCUT2D eigenvalue weighted by Gasteiger charge is -2.46. The molecule has 0 aromatic carbocycles. The van der Waals surface area contributed by atoms with Gasteiger partial charge in [-0.25, -0.2) is 0 Å². The summed E-state index contributed by atoms with van der Waals surface area (Å²) in [6.07, 6.45) is 4.04. The Hall–Kier alpha value is -0.120. The second-order valence-electron chi connectivity index (χ2n) is 4.39. The Balaban J connectivity index is 1.94. The molecule has 0 saturated carbocycles. The molecule has 2 aliphatic rings. The molecule has 1 atom stereocenters. The van der Waals surface area contributed by atoms with Crippen LogP contribution in [0.25, 0.3) is 0 Å². The van der Waals surface area contributed by atoms with Gasteiger partial charge in [-0.15, -0.1) is 0 Å². The number of hydrogen-bond donors (Lipinski definition) is 2. The number of piperazine rings is 1. The van der Waals surface area contributed by atoms with Crippen LogP contribution in [0.1, 0.15) is 26.2 Å². The highest BCUT2D eigenvalue weighted by molar-refractivity contribution is 4.88. The molecule has 0 radical (unpaired) electrons. The average Bonchev–Trinajstić information content (AvgIpc) is 2.20. The molecule has 0 aromatic rings. The van der Waals surface area contributed by atoms with Gasteiger partial charge in [0.25, 0.3) is 0 Å². The molecule has 3 heteroatoms. The summed E-state index contributed by atoms with van der Waals surface area (Å²) in [5.41, 5.74) is 0.292. The van der Waals surface area contributed by atoms with Crippen LogP contribution >= 0.6 is 0 Å². The second-order valence-corrected chi connectivity index (χ2v) is 4.39. The zero-order valence-corrected chi connectivity index (χ0v) is 8.60. The van der Waals surface area contributed by atoms with E-state index in [0.717, 1.165) is 13.1 Å². The summed E-state index contributed by atoms with van der Waals surface area (Å²) < 4.78 is 0. The third-order valence-corrected chi connectivity index (χ3v) is 3.41. The van der Waals surface area contributed by atoms with Gasteiger partial charge in [-0.3, -0.25) is 10.2 Å². The molecule has 76 valence electrons. The van der Waals surface area contributed by atoms with Crippen LogP contribution in [0.5, 0.6) is 0 Å². The zero-order chi connectivity index (χ0) is 9.15. The Kier molecular flexibility index (Phi) is 2.86. The Morgan fingerprint density at radius 2 is 1.85 bits per heavy atom. The Morgan fingerprint density at radius 3 is 2.46 bits per heavy atom. The molecule has 0 aliphatic carbocycles. The minimum absolute atomic E-state index is 0.292. The van der Waals surface area contributed by atoms with Crippen molar-refractivity contribution in [3.8, 4) is 0 Å². The smallest absolute Gasteiger partial charge is 0.0684 e. The van der Waals surface area contributed by atoms with Gasteiger partial charge in [0, 0.05) is 26.2 Å². The summed E-state index contributed by atoms with van der Waals surface area (Å²) >= 11 is 0. The molecule has 0 spiro atoms. The third-order valence-electron chi connectivity index (χ3n) is 3.41. The molecule has 3 nitrogen and oxygen atoms in total. The van der Waals surface area contributed by atoms with Crippen LogP contribution in [0.2, 0.25) is 0 Å². The van der Waals surface area contributed by atoms with Crippen molar-refractivity contribution >= 4 is 0 Å². The maximum absolute atomic E-state index is 3.66. The average molecular weight is 183 g/mol. The van der Waals surface area contributed by atoms with Crippen molar-refractivity contribution in [3.63, 3.8) is 0 Å². The summed E-state index contributed by atoms with van der Waals surface area (Å²) in [5.74, 6) is 0. The molecule has 2 saturated heterocycles. The molecule has 2 fully saturated rings. The standard InChI is InChI=1S/C10H21N3/c1-10(4-2-3-5-12-10)13-8-6-11-7-9-13/h11-12H,2-9H2,1H3. The molecule has 13 heavy (non-hydrogen) atoms. The van der Waals surface area contributed by atoms with Crippen LogP contribution in [-0.4, -0.2) is 43.3 Å². The van der Waals surface area contributed by atoms with E-state index >= 15 is 0 Å². The molecule has 1 unspecified atom stereocenters. The number of piperidine rings is 1. The topological polar surface area (TPSA) is 27.3 Å². The minimum atomic E-state index is 0.292. The molecule has 0 bridgehead atoms. The van der Waals surface area contributed by atoms with Gasteiger partial charge in [-0.2, -0.15) is 0 Å². The number of rotatable bonds is 1. The van der Waals surface area contributed by atoms with E-state index in [9.17, 15) is 0 Å². The van der Waals surface area contributed by atoms with E-state index in [1.807, 2.05) is 0 Å². The van der Waals surface area contributed by atoms with Crippen molar-refractivity contribution < 1.29 is 0 Å². The first-order valence-electron chi connectivity index (χ1n) is 5.52. The largest absolute Gasteiger partial charge is 0.314 e. The van der Waals surface area contributed by atoms with Crippen molar-refractivity contribution in [1.82, 2.24) is 15.5 Å². The van der Waals surface area contributed by atoms with Crippen molar-refractivity contribution in [3.05, 3.63) is 0 Å². The van der Waals surface area contributed by atoms with E-state index in [1.165, 1.54) is 38.9 Å².